The fourth-order valence-electron chi connectivity index (χ4n) is 3.00. The first-order valence-corrected chi connectivity index (χ1v) is 8.89. The van der Waals surface area contributed by atoms with Crippen LogP contribution in [0.5, 0.6) is 5.75 Å². The summed E-state index contributed by atoms with van der Waals surface area (Å²) in [5.74, 6) is 0.734. The molecule has 3 rings (SSSR count). The lowest BCUT2D eigenvalue weighted by Gasteiger charge is -2.10. The van der Waals surface area contributed by atoms with Crippen LogP contribution >= 0.6 is 0 Å². The number of esters is 1. The summed E-state index contributed by atoms with van der Waals surface area (Å²) in [6, 6.07) is 14.0. The molecule has 0 bridgehead atoms. The first-order chi connectivity index (χ1) is 12.2. The summed E-state index contributed by atoms with van der Waals surface area (Å²) >= 11 is 0. The minimum absolute atomic E-state index is 0.280. The van der Waals surface area contributed by atoms with Crippen molar-refractivity contribution in [1.82, 2.24) is 0 Å². The van der Waals surface area contributed by atoms with Gasteiger partial charge < -0.3 is 9.47 Å². The lowest BCUT2D eigenvalue weighted by atomic mass is 10.00. The first kappa shape index (κ1) is 17.3. The quantitative estimate of drug-likeness (QED) is 0.573. The van der Waals surface area contributed by atoms with Gasteiger partial charge in [0.1, 0.15) is 5.75 Å². The molecule has 2 aromatic rings. The third-order valence-corrected chi connectivity index (χ3v) is 4.43. The number of hydrogen-bond acceptors (Lipinski definition) is 3. The van der Waals surface area contributed by atoms with Crippen molar-refractivity contribution in [3.8, 4) is 5.75 Å². The van der Waals surface area contributed by atoms with Crippen molar-refractivity contribution in [2.24, 2.45) is 0 Å². The Morgan fingerprint density at radius 1 is 1.12 bits per heavy atom. The van der Waals surface area contributed by atoms with E-state index in [1.165, 1.54) is 17.6 Å². The minimum Gasteiger partial charge on any atom is -0.493 e. The van der Waals surface area contributed by atoms with Crippen LogP contribution < -0.4 is 4.74 Å². The number of hydrogen-bond donors (Lipinski definition) is 0. The minimum atomic E-state index is -0.280. The molecule has 130 valence electrons. The predicted molar refractivity (Wildman–Crippen MR) is 101 cm³/mol. The van der Waals surface area contributed by atoms with E-state index in [1.807, 2.05) is 19.1 Å². The van der Waals surface area contributed by atoms with E-state index in [0.717, 1.165) is 36.3 Å². The molecule has 0 N–H and O–H groups in total. The number of carbonyl (C=O) groups excluding carboxylic acids is 1. The van der Waals surface area contributed by atoms with Crippen LogP contribution in [0.15, 0.2) is 42.5 Å². The van der Waals surface area contributed by atoms with Gasteiger partial charge in [0.05, 0.1) is 18.8 Å². The second kappa shape index (κ2) is 8.02. The standard InChI is InChI=1S/C22H24O3/c1-3-24-22(23)19-9-7-17(8-10-19)14-16(2)20-12-11-18-6-4-5-13-25-21(18)15-20/h7-12,14-15H,3-6,13H2,1-2H3. The molecule has 0 saturated carbocycles. The maximum Gasteiger partial charge on any atom is 0.338 e. The Labute approximate surface area is 149 Å². The van der Waals surface area contributed by atoms with Gasteiger partial charge in [-0.2, -0.15) is 0 Å². The number of benzene rings is 2. The van der Waals surface area contributed by atoms with E-state index < -0.39 is 0 Å². The molecular weight excluding hydrogens is 312 g/mol. The number of fused-ring (bicyclic) bond motifs is 1. The first-order valence-electron chi connectivity index (χ1n) is 8.89. The summed E-state index contributed by atoms with van der Waals surface area (Å²) in [5.41, 5.74) is 5.26. The average molecular weight is 336 g/mol. The summed E-state index contributed by atoms with van der Waals surface area (Å²) in [7, 11) is 0. The van der Waals surface area contributed by atoms with Gasteiger partial charge in [-0.25, -0.2) is 4.79 Å². The number of aryl methyl sites for hydroxylation is 1. The Balaban J connectivity index is 1.79. The van der Waals surface area contributed by atoms with Gasteiger partial charge in [0, 0.05) is 0 Å². The third-order valence-electron chi connectivity index (χ3n) is 4.43. The van der Waals surface area contributed by atoms with E-state index in [4.69, 9.17) is 9.47 Å². The van der Waals surface area contributed by atoms with E-state index in [1.54, 1.807) is 12.1 Å². The monoisotopic (exact) mass is 336 g/mol. The van der Waals surface area contributed by atoms with Crippen molar-refractivity contribution in [1.29, 1.82) is 0 Å². The van der Waals surface area contributed by atoms with Crippen molar-refractivity contribution in [3.05, 3.63) is 64.7 Å². The Morgan fingerprint density at radius 2 is 1.88 bits per heavy atom. The molecule has 3 heteroatoms. The normalized spacial score (nSPS) is 14.2. The van der Waals surface area contributed by atoms with Gasteiger partial charge in [-0.05, 0) is 73.6 Å². The highest BCUT2D eigenvalue weighted by Crippen LogP contribution is 2.29. The highest BCUT2D eigenvalue weighted by molar-refractivity contribution is 5.90. The van der Waals surface area contributed by atoms with Crippen LogP contribution in [0.3, 0.4) is 0 Å². The summed E-state index contributed by atoms with van der Waals surface area (Å²) in [4.78, 5) is 11.7. The Bertz CT molecular complexity index is 772. The van der Waals surface area contributed by atoms with Crippen molar-refractivity contribution in [3.63, 3.8) is 0 Å². The highest BCUT2D eigenvalue weighted by Gasteiger charge is 2.10. The highest BCUT2D eigenvalue weighted by atomic mass is 16.5. The van der Waals surface area contributed by atoms with Crippen LogP contribution in [0.1, 0.15) is 53.7 Å². The molecule has 1 aliphatic rings. The zero-order chi connectivity index (χ0) is 17.6. The topological polar surface area (TPSA) is 35.5 Å². The number of rotatable bonds is 4. The average Bonchev–Trinajstić information content (AvgIpc) is 2.87. The van der Waals surface area contributed by atoms with Gasteiger partial charge in [0.2, 0.25) is 0 Å². The van der Waals surface area contributed by atoms with Gasteiger partial charge >= 0.3 is 5.97 Å². The lowest BCUT2D eigenvalue weighted by molar-refractivity contribution is 0.0526. The van der Waals surface area contributed by atoms with Crippen molar-refractivity contribution >= 4 is 17.6 Å². The second-order valence-corrected chi connectivity index (χ2v) is 6.30. The van der Waals surface area contributed by atoms with Crippen LogP contribution in [-0.2, 0) is 11.2 Å². The van der Waals surface area contributed by atoms with Gasteiger partial charge in [0.15, 0.2) is 0 Å². The molecule has 0 aliphatic carbocycles. The largest absolute Gasteiger partial charge is 0.493 e. The molecule has 0 unspecified atom stereocenters. The molecule has 0 radical (unpaired) electrons. The predicted octanol–water partition coefficient (Wildman–Crippen LogP) is 5.14. The molecule has 0 fully saturated rings. The summed E-state index contributed by atoms with van der Waals surface area (Å²) in [6.07, 6.45) is 5.51. The van der Waals surface area contributed by atoms with Gasteiger partial charge in [-0.3, -0.25) is 0 Å². The van der Waals surface area contributed by atoms with E-state index in [2.05, 4.69) is 31.2 Å². The van der Waals surface area contributed by atoms with Crippen molar-refractivity contribution in [2.75, 3.05) is 13.2 Å². The number of ether oxygens (including phenoxy) is 2. The van der Waals surface area contributed by atoms with Crippen LogP contribution in [0, 0.1) is 0 Å². The van der Waals surface area contributed by atoms with Crippen molar-refractivity contribution < 1.29 is 14.3 Å². The molecule has 3 nitrogen and oxygen atoms in total. The fourth-order valence-corrected chi connectivity index (χ4v) is 3.00. The van der Waals surface area contributed by atoms with Gasteiger partial charge in [0.25, 0.3) is 0 Å². The summed E-state index contributed by atoms with van der Waals surface area (Å²) in [5, 5.41) is 0. The summed E-state index contributed by atoms with van der Waals surface area (Å²) in [6.45, 7) is 5.09. The molecule has 2 aromatic carbocycles. The molecule has 1 heterocycles. The van der Waals surface area contributed by atoms with E-state index in [9.17, 15) is 4.79 Å². The van der Waals surface area contributed by atoms with E-state index in [0.29, 0.717) is 12.2 Å². The number of carbonyl (C=O) groups is 1. The smallest absolute Gasteiger partial charge is 0.338 e. The van der Waals surface area contributed by atoms with Gasteiger partial charge in [-0.1, -0.05) is 30.3 Å². The molecule has 0 amide bonds. The molecule has 0 spiro atoms. The Kier molecular flexibility index (Phi) is 5.54. The van der Waals surface area contributed by atoms with Crippen LogP contribution in [0.4, 0.5) is 0 Å². The van der Waals surface area contributed by atoms with E-state index in [-0.39, 0.29) is 5.97 Å². The van der Waals surface area contributed by atoms with E-state index >= 15 is 0 Å². The molecule has 0 aromatic heterocycles. The molecule has 1 aliphatic heterocycles. The second-order valence-electron chi connectivity index (χ2n) is 6.30. The molecule has 0 atom stereocenters. The molecule has 0 saturated heterocycles. The fraction of sp³-hybridized carbons (Fsp3) is 0.318. The Morgan fingerprint density at radius 3 is 2.64 bits per heavy atom. The maximum atomic E-state index is 11.7. The Hall–Kier alpha value is -2.55. The molecular formula is C22H24O3. The molecule has 25 heavy (non-hydrogen) atoms. The SMILES string of the molecule is CCOC(=O)c1ccc(C=C(C)c2ccc3c(c2)OCCCC3)cc1. The number of allylic oxidation sites excluding steroid dienone is 1. The van der Waals surface area contributed by atoms with Crippen LogP contribution in [0.2, 0.25) is 0 Å². The van der Waals surface area contributed by atoms with Gasteiger partial charge in [-0.15, -0.1) is 0 Å². The third kappa shape index (κ3) is 4.30. The zero-order valence-electron chi connectivity index (χ0n) is 14.9. The summed E-state index contributed by atoms with van der Waals surface area (Å²) < 4.78 is 10.9. The van der Waals surface area contributed by atoms with Crippen LogP contribution in [-0.4, -0.2) is 19.2 Å². The van der Waals surface area contributed by atoms with Crippen LogP contribution in [0.25, 0.3) is 11.6 Å². The zero-order valence-corrected chi connectivity index (χ0v) is 14.9. The lowest BCUT2D eigenvalue weighted by Crippen LogP contribution is -2.03. The maximum absolute atomic E-state index is 11.7. The van der Waals surface area contributed by atoms with Crippen molar-refractivity contribution in [2.45, 2.75) is 33.1 Å².